The van der Waals surface area contributed by atoms with Gasteiger partial charge in [0.15, 0.2) is 5.76 Å². The van der Waals surface area contributed by atoms with Gasteiger partial charge in [-0.2, -0.15) is 0 Å². The lowest BCUT2D eigenvalue weighted by Crippen LogP contribution is -2.31. The minimum absolute atomic E-state index is 0.227. The van der Waals surface area contributed by atoms with Crippen LogP contribution in [0.2, 0.25) is 0 Å². The van der Waals surface area contributed by atoms with Gasteiger partial charge in [-0.15, -0.1) is 0 Å². The normalized spacial score (nSPS) is 14.3. The number of benzene rings is 2. The maximum atomic E-state index is 14.1. The van der Waals surface area contributed by atoms with Gasteiger partial charge in [-0.1, -0.05) is 35.5 Å². The van der Waals surface area contributed by atoms with E-state index in [1.807, 2.05) is 30.3 Å². The highest BCUT2D eigenvalue weighted by atomic mass is 19.1. The summed E-state index contributed by atoms with van der Waals surface area (Å²) in [5.41, 5.74) is 1.08. The number of nitrogens with one attached hydrogen (secondary N) is 1. The number of aromatic nitrogens is 3. The Hall–Kier alpha value is -3.94. The number of rotatable bonds is 5. The Kier molecular flexibility index (Phi) is 4.58. The summed E-state index contributed by atoms with van der Waals surface area (Å²) in [5, 5.41) is 6.88. The maximum absolute atomic E-state index is 14.1. The molecule has 1 saturated carbocycles. The molecule has 0 atom stereocenters. The largest absolute Gasteiger partial charge is 0.356 e. The zero-order valence-electron chi connectivity index (χ0n) is 17.6. The lowest BCUT2D eigenvalue weighted by atomic mass is 10.00. The standard InChI is InChI=1S/C24H21FN4O3/c1-15-21(22(30)29(28(15)2)16-8-4-3-5-9-16)26-23(31)24(12-13-24)20-14-19(32-27-20)17-10-6-7-11-18(17)25/h3-11,14H,12-13H2,1-2H3,(H,26,31). The van der Waals surface area contributed by atoms with Gasteiger partial charge in [0.05, 0.1) is 28.1 Å². The van der Waals surface area contributed by atoms with Crippen LogP contribution in [0.15, 0.2) is 70.0 Å². The molecule has 2 heterocycles. The van der Waals surface area contributed by atoms with E-state index in [2.05, 4.69) is 10.5 Å². The van der Waals surface area contributed by atoms with E-state index >= 15 is 0 Å². The summed E-state index contributed by atoms with van der Waals surface area (Å²) in [6, 6.07) is 17.1. The lowest BCUT2D eigenvalue weighted by Gasteiger charge is -2.11. The van der Waals surface area contributed by atoms with Crippen LogP contribution in [0.3, 0.4) is 0 Å². The zero-order valence-corrected chi connectivity index (χ0v) is 17.6. The number of hydrogen-bond donors (Lipinski definition) is 1. The Bertz CT molecular complexity index is 1380. The van der Waals surface area contributed by atoms with E-state index in [0.29, 0.717) is 29.9 Å². The Morgan fingerprint density at radius 2 is 1.81 bits per heavy atom. The van der Waals surface area contributed by atoms with Crippen molar-refractivity contribution < 1.29 is 13.7 Å². The molecule has 0 unspecified atom stereocenters. The van der Waals surface area contributed by atoms with Crippen LogP contribution in [0.4, 0.5) is 10.1 Å². The first-order valence-corrected chi connectivity index (χ1v) is 10.3. The number of nitrogens with zero attached hydrogens (tertiary/aromatic N) is 3. The Morgan fingerprint density at radius 1 is 1.12 bits per heavy atom. The number of carbonyl (C=O) groups excluding carboxylic acids is 1. The van der Waals surface area contributed by atoms with Crippen molar-refractivity contribution in [3.8, 4) is 17.0 Å². The van der Waals surface area contributed by atoms with Crippen molar-refractivity contribution in [1.29, 1.82) is 0 Å². The molecule has 32 heavy (non-hydrogen) atoms. The molecule has 1 aliphatic rings. The van der Waals surface area contributed by atoms with Crippen LogP contribution >= 0.6 is 0 Å². The molecule has 1 fully saturated rings. The van der Waals surface area contributed by atoms with Crippen molar-refractivity contribution in [2.45, 2.75) is 25.2 Å². The summed E-state index contributed by atoms with van der Waals surface area (Å²) >= 11 is 0. The summed E-state index contributed by atoms with van der Waals surface area (Å²) in [6.07, 6.45) is 1.14. The maximum Gasteiger partial charge on any atom is 0.295 e. The van der Waals surface area contributed by atoms with Crippen LogP contribution in [0.25, 0.3) is 17.0 Å². The molecule has 1 aliphatic carbocycles. The number of halogens is 1. The SMILES string of the molecule is Cc1c(NC(=O)C2(c3cc(-c4ccccc4F)on3)CC2)c(=O)n(-c2ccccc2)n1C. The minimum Gasteiger partial charge on any atom is -0.356 e. The van der Waals surface area contributed by atoms with E-state index in [-0.39, 0.29) is 28.5 Å². The smallest absolute Gasteiger partial charge is 0.295 e. The van der Waals surface area contributed by atoms with Gasteiger partial charge in [0.1, 0.15) is 11.5 Å². The van der Waals surface area contributed by atoms with E-state index in [1.165, 1.54) is 10.7 Å². The van der Waals surface area contributed by atoms with Gasteiger partial charge in [-0.05, 0) is 44.0 Å². The molecule has 0 radical (unpaired) electrons. The van der Waals surface area contributed by atoms with Crippen molar-refractivity contribution >= 4 is 11.6 Å². The quantitative estimate of drug-likeness (QED) is 0.518. The highest BCUT2D eigenvalue weighted by Crippen LogP contribution is 2.49. The second-order valence-electron chi connectivity index (χ2n) is 8.03. The van der Waals surface area contributed by atoms with Gasteiger partial charge in [-0.3, -0.25) is 14.3 Å². The molecule has 1 N–H and O–H groups in total. The molecule has 8 heteroatoms. The van der Waals surface area contributed by atoms with Gasteiger partial charge in [-0.25, -0.2) is 9.07 Å². The predicted octanol–water partition coefficient (Wildman–Crippen LogP) is 3.95. The monoisotopic (exact) mass is 432 g/mol. The summed E-state index contributed by atoms with van der Waals surface area (Å²) in [4.78, 5) is 26.4. The number of carbonyl (C=O) groups is 1. The molecule has 1 amide bonds. The van der Waals surface area contributed by atoms with E-state index in [9.17, 15) is 14.0 Å². The molecule has 0 aliphatic heterocycles. The third-order valence-corrected chi connectivity index (χ3v) is 6.12. The van der Waals surface area contributed by atoms with Crippen LogP contribution < -0.4 is 10.9 Å². The molecule has 7 nitrogen and oxygen atoms in total. The van der Waals surface area contributed by atoms with Crippen LogP contribution in [0, 0.1) is 12.7 Å². The van der Waals surface area contributed by atoms with E-state index in [0.717, 1.165) is 0 Å². The Balaban J connectivity index is 1.45. The number of hydrogen-bond acceptors (Lipinski definition) is 4. The predicted molar refractivity (Wildman–Crippen MR) is 117 cm³/mol. The molecule has 2 aromatic carbocycles. The zero-order chi connectivity index (χ0) is 22.5. The van der Waals surface area contributed by atoms with Crippen molar-refractivity contribution in [3.63, 3.8) is 0 Å². The van der Waals surface area contributed by atoms with Crippen LogP contribution in [0.5, 0.6) is 0 Å². The highest BCUT2D eigenvalue weighted by Gasteiger charge is 2.54. The van der Waals surface area contributed by atoms with Crippen molar-refractivity contribution in [1.82, 2.24) is 14.5 Å². The van der Waals surface area contributed by atoms with Gasteiger partial charge in [0, 0.05) is 13.1 Å². The average Bonchev–Trinajstić information content (AvgIpc) is 3.42. The molecule has 5 rings (SSSR count). The molecule has 0 bridgehead atoms. The van der Waals surface area contributed by atoms with Crippen LogP contribution in [-0.2, 0) is 17.3 Å². The lowest BCUT2D eigenvalue weighted by molar-refractivity contribution is -0.118. The second kappa shape index (κ2) is 7.33. The van der Waals surface area contributed by atoms with Crippen LogP contribution in [0.1, 0.15) is 24.2 Å². The highest BCUT2D eigenvalue weighted by molar-refractivity contribution is 6.01. The molecule has 0 saturated heterocycles. The van der Waals surface area contributed by atoms with Gasteiger partial charge in [0.25, 0.3) is 5.56 Å². The number of para-hydroxylation sites is 1. The van der Waals surface area contributed by atoms with E-state index < -0.39 is 11.2 Å². The Morgan fingerprint density at radius 3 is 2.50 bits per heavy atom. The summed E-state index contributed by atoms with van der Waals surface area (Å²) in [7, 11) is 1.77. The van der Waals surface area contributed by atoms with Gasteiger partial charge in [0.2, 0.25) is 5.91 Å². The first-order valence-electron chi connectivity index (χ1n) is 10.3. The Labute approximate surface area is 183 Å². The fraction of sp³-hybridized carbons (Fsp3) is 0.208. The number of amides is 1. The van der Waals surface area contributed by atoms with Crippen molar-refractivity contribution in [3.05, 3.63) is 88.2 Å². The number of anilines is 1. The fourth-order valence-electron chi connectivity index (χ4n) is 3.96. The van der Waals surface area contributed by atoms with Crippen molar-refractivity contribution in [2.75, 3.05) is 5.32 Å². The molecule has 162 valence electrons. The molecule has 0 spiro atoms. The fourth-order valence-corrected chi connectivity index (χ4v) is 3.96. The van der Waals surface area contributed by atoms with E-state index in [4.69, 9.17) is 4.52 Å². The third kappa shape index (κ3) is 3.07. The third-order valence-electron chi connectivity index (χ3n) is 6.12. The average molecular weight is 432 g/mol. The van der Waals surface area contributed by atoms with E-state index in [1.54, 1.807) is 42.9 Å². The molecular formula is C24H21FN4O3. The topological polar surface area (TPSA) is 82.1 Å². The summed E-state index contributed by atoms with van der Waals surface area (Å²) < 4.78 is 22.7. The molecule has 2 aromatic heterocycles. The van der Waals surface area contributed by atoms with Crippen molar-refractivity contribution in [2.24, 2.45) is 7.05 Å². The summed E-state index contributed by atoms with van der Waals surface area (Å²) in [5.74, 6) is -0.484. The first kappa shape index (κ1) is 20.0. The minimum atomic E-state index is -0.890. The molecular weight excluding hydrogens is 411 g/mol. The van der Waals surface area contributed by atoms with Gasteiger partial charge >= 0.3 is 0 Å². The van der Waals surface area contributed by atoms with Crippen LogP contribution in [-0.4, -0.2) is 20.4 Å². The molecule has 4 aromatic rings. The first-order chi connectivity index (χ1) is 15.4. The van der Waals surface area contributed by atoms with Gasteiger partial charge < -0.3 is 9.84 Å². The second-order valence-corrected chi connectivity index (χ2v) is 8.03. The summed E-state index contributed by atoms with van der Waals surface area (Å²) in [6.45, 7) is 1.78.